The molecule has 1 fully saturated rings. The third-order valence-electron chi connectivity index (χ3n) is 5.70. The van der Waals surface area contributed by atoms with Crippen molar-refractivity contribution in [2.24, 2.45) is 0 Å². The lowest BCUT2D eigenvalue weighted by atomic mass is 10.0. The number of carbonyl (C=O) groups is 1. The van der Waals surface area contributed by atoms with Gasteiger partial charge >= 0.3 is 6.61 Å². The molecule has 2 aromatic rings. The summed E-state index contributed by atoms with van der Waals surface area (Å²) in [6, 6.07) is 10.9. The van der Waals surface area contributed by atoms with Crippen LogP contribution in [0.25, 0.3) is 6.08 Å². The number of methoxy groups -OCH3 is 1. The molecule has 2 heterocycles. The van der Waals surface area contributed by atoms with Crippen LogP contribution in [0.2, 0.25) is 0 Å². The number of benzene rings is 1. The van der Waals surface area contributed by atoms with Gasteiger partial charge in [0, 0.05) is 62.7 Å². The molecule has 1 aromatic carbocycles. The summed E-state index contributed by atoms with van der Waals surface area (Å²) in [6.07, 6.45) is 7.37. The fraction of sp³-hybridized carbons (Fsp3) is 0.417. The van der Waals surface area contributed by atoms with Crippen molar-refractivity contribution in [1.82, 2.24) is 14.8 Å². The van der Waals surface area contributed by atoms with Crippen molar-refractivity contribution < 1.29 is 23.0 Å². The number of aromatic nitrogens is 1. The van der Waals surface area contributed by atoms with E-state index in [0.29, 0.717) is 5.56 Å². The van der Waals surface area contributed by atoms with E-state index >= 15 is 0 Å². The van der Waals surface area contributed by atoms with Gasteiger partial charge in [0.05, 0.1) is 7.11 Å². The third kappa shape index (κ3) is 6.50. The molecule has 1 amide bonds. The number of ether oxygens (including phenoxy) is 2. The molecule has 32 heavy (non-hydrogen) atoms. The summed E-state index contributed by atoms with van der Waals surface area (Å²) < 4.78 is 35.3. The quantitative estimate of drug-likeness (QED) is 0.549. The second-order valence-electron chi connectivity index (χ2n) is 7.68. The Kier molecular flexibility index (Phi) is 8.56. The molecule has 1 aromatic heterocycles. The summed E-state index contributed by atoms with van der Waals surface area (Å²) in [7, 11) is 3.16. The van der Waals surface area contributed by atoms with E-state index < -0.39 is 6.61 Å². The fourth-order valence-electron chi connectivity index (χ4n) is 3.85. The molecule has 0 atom stereocenters. The topological polar surface area (TPSA) is 54.9 Å². The highest BCUT2D eigenvalue weighted by Crippen LogP contribution is 2.33. The van der Waals surface area contributed by atoms with E-state index in [1.54, 1.807) is 24.1 Å². The first-order chi connectivity index (χ1) is 15.5. The van der Waals surface area contributed by atoms with Gasteiger partial charge in [0.15, 0.2) is 11.5 Å². The lowest BCUT2D eigenvalue weighted by Gasteiger charge is -2.36. The Morgan fingerprint density at radius 1 is 1.25 bits per heavy atom. The van der Waals surface area contributed by atoms with E-state index in [1.807, 2.05) is 24.4 Å². The third-order valence-corrected chi connectivity index (χ3v) is 5.70. The van der Waals surface area contributed by atoms with Crippen molar-refractivity contribution in [2.75, 3.05) is 33.8 Å². The molecule has 0 spiro atoms. The van der Waals surface area contributed by atoms with E-state index in [1.165, 1.54) is 25.3 Å². The van der Waals surface area contributed by atoms with Crippen LogP contribution in [0.1, 0.15) is 24.1 Å². The standard InChI is InChI=1S/C24H29F2N3O3/c1-28(20-12-16-29(17-13-20)15-11-19-7-3-4-14-27-19)22(30)10-9-18-6-5-8-21(31-2)23(18)32-24(25)26/h3-10,14,20,24H,11-13,15-17H2,1-2H3. The molecule has 1 saturated heterocycles. The zero-order valence-electron chi connectivity index (χ0n) is 18.4. The van der Waals surface area contributed by atoms with Crippen LogP contribution in [0, 0.1) is 0 Å². The Balaban J connectivity index is 1.53. The number of likely N-dealkylation sites (N-methyl/N-ethyl adjacent to an activating group) is 1. The number of likely N-dealkylation sites (tertiary alicyclic amines) is 1. The molecular formula is C24H29F2N3O3. The Morgan fingerprint density at radius 2 is 2.03 bits per heavy atom. The van der Waals surface area contributed by atoms with Gasteiger partial charge in [-0.1, -0.05) is 18.2 Å². The molecule has 0 unspecified atom stereocenters. The minimum Gasteiger partial charge on any atom is -0.493 e. The van der Waals surface area contributed by atoms with E-state index in [4.69, 9.17) is 4.74 Å². The van der Waals surface area contributed by atoms with E-state index in [2.05, 4.69) is 14.6 Å². The Morgan fingerprint density at radius 3 is 2.69 bits per heavy atom. The largest absolute Gasteiger partial charge is 0.493 e. The highest BCUT2D eigenvalue weighted by molar-refractivity contribution is 5.92. The van der Waals surface area contributed by atoms with E-state index in [9.17, 15) is 13.6 Å². The first kappa shape index (κ1) is 23.7. The normalized spacial score (nSPS) is 15.3. The van der Waals surface area contributed by atoms with Crippen molar-refractivity contribution in [3.63, 3.8) is 0 Å². The van der Waals surface area contributed by atoms with Crippen molar-refractivity contribution in [2.45, 2.75) is 31.9 Å². The molecule has 1 aliphatic rings. The highest BCUT2D eigenvalue weighted by atomic mass is 19.3. The number of nitrogens with zero attached hydrogens (tertiary/aromatic N) is 3. The first-order valence-electron chi connectivity index (χ1n) is 10.7. The van der Waals surface area contributed by atoms with Gasteiger partial charge in [0.25, 0.3) is 0 Å². The van der Waals surface area contributed by atoms with Crippen LogP contribution < -0.4 is 9.47 Å². The molecular weight excluding hydrogens is 416 g/mol. The number of piperidine rings is 1. The molecule has 0 radical (unpaired) electrons. The monoisotopic (exact) mass is 445 g/mol. The Labute approximate surface area is 187 Å². The summed E-state index contributed by atoms with van der Waals surface area (Å²) in [4.78, 5) is 21.2. The zero-order chi connectivity index (χ0) is 22.9. The average Bonchev–Trinajstić information content (AvgIpc) is 2.82. The van der Waals surface area contributed by atoms with Crippen molar-refractivity contribution in [3.8, 4) is 11.5 Å². The van der Waals surface area contributed by atoms with Gasteiger partial charge in [0.2, 0.25) is 5.91 Å². The first-order valence-corrected chi connectivity index (χ1v) is 10.7. The summed E-state index contributed by atoms with van der Waals surface area (Å²) >= 11 is 0. The molecule has 0 bridgehead atoms. The maximum absolute atomic E-state index is 12.8. The lowest BCUT2D eigenvalue weighted by Crippen LogP contribution is -2.45. The molecule has 0 saturated carbocycles. The van der Waals surface area contributed by atoms with Gasteiger partial charge in [-0.2, -0.15) is 8.78 Å². The maximum atomic E-state index is 12.8. The summed E-state index contributed by atoms with van der Waals surface area (Å²) in [5, 5.41) is 0. The Hall–Kier alpha value is -3.00. The molecule has 0 aliphatic carbocycles. The van der Waals surface area contributed by atoms with Crippen LogP contribution in [0.4, 0.5) is 8.78 Å². The minimum atomic E-state index is -2.99. The predicted octanol–water partition coefficient (Wildman–Crippen LogP) is 3.87. The number of carbonyl (C=O) groups excluding carboxylic acids is 1. The van der Waals surface area contributed by atoms with Crippen LogP contribution in [-0.2, 0) is 11.2 Å². The SMILES string of the molecule is COc1cccc(C=CC(=O)N(C)C2CCN(CCc3ccccn3)CC2)c1OC(F)F. The zero-order valence-corrected chi connectivity index (χ0v) is 18.4. The van der Waals surface area contributed by atoms with Crippen LogP contribution in [0.3, 0.4) is 0 Å². The summed E-state index contributed by atoms with van der Waals surface area (Å²) in [5.41, 5.74) is 1.44. The number of hydrogen-bond acceptors (Lipinski definition) is 5. The molecule has 1 aliphatic heterocycles. The molecule has 8 heteroatoms. The van der Waals surface area contributed by atoms with Gasteiger partial charge in [0.1, 0.15) is 0 Å². The molecule has 172 valence electrons. The number of halogens is 2. The van der Waals surface area contributed by atoms with Gasteiger partial charge < -0.3 is 19.3 Å². The maximum Gasteiger partial charge on any atom is 0.387 e. The van der Waals surface area contributed by atoms with Gasteiger partial charge in [-0.3, -0.25) is 9.78 Å². The number of amides is 1. The van der Waals surface area contributed by atoms with Crippen LogP contribution in [-0.4, -0.2) is 67.1 Å². The summed E-state index contributed by atoms with van der Waals surface area (Å²) in [6.45, 7) is -0.202. The summed E-state index contributed by atoms with van der Waals surface area (Å²) in [5.74, 6) is -0.0769. The van der Waals surface area contributed by atoms with Crippen molar-refractivity contribution in [1.29, 1.82) is 0 Å². The van der Waals surface area contributed by atoms with Gasteiger partial charge in [-0.05, 0) is 37.1 Å². The minimum absolute atomic E-state index is 0.0853. The molecule has 3 rings (SSSR count). The smallest absolute Gasteiger partial charge is 0.387 e. The van der Waals surface area contributed by atoms with Crippen LogP contribution in [0.5, 0.6) is 11.5 Å². The van der Waals surface area contributed by atoms with Crippen LogP contribution in [0.15, 0.2) is 48.7 Å². The van der Waals surface area contributed by atoms with E-state index in [-0.39, 0.29) is 23.4 Å². The van der Waals surface area contributed by atoms with Crippen LogP contribution >= 0.6 is 0 Å². The van der Waals surface area contributed by atoms with E-state index in [0.717, 1.165) is 44.6 Å². The number of para-hydroxylation sites is 1. The second kappa shape index (κ2) is 11.6. The number of alkyl halides is 2. The fourth-order valence-corrected chi connectivity index (χ4v) is 3.85. The van der Waals surface area contributed by atoms with Gasteiger partial charge in [-0.25, -0.2) is 0 Å². The Bertz CT molecular complexity index is 901. The highest BCUT2D eigenvalue weighted by Gasteiger charge is 2.24. The lowest BCUT2D eigenvalue weighted by molar-refractivity contribution is -0.127. The predicted molar refractivity (Wildman–Crippen MR) is 119 cm³/mol. The van der Waals surface area contributed by atoms with Crippen molar-refractivity contribution in [3.05, 3.63) is 59.9 Å². The average molecular weight is 446 g/mol. The van der Waals surface area contributed by atoms with Gasteiger partial charge in [-0.15, -0.1) is 0 Å². The number of rotatable bonds is 9. The second-order valence-corrected chi connectivity index (χ2v) is 7.68. The molecule has 6 nitrogen and oxygen atoms in total. The molecule has 0 N–H and O–H groups in total. The van der Waals surface area contributed by atoms with Crippen molar-refractivity contribution >= 4 is 12.0 Å². The number of pyridine rings is 1. The number of hydrogen-bond donors (Lipinski definition) is 0.